The lowest BCUT2D eigenvalue weighted by atomic mass is 9.88. The van der Waals surface area contributed by atoms with Gasteiger partial charge in [0.1, 0.15) is 18.0 Å². The van der Waals surface area contributed by atoms with Gasteiger partial charge in [-0.1, -0.05) is 25.0 Å². The van der Waals surface area contributed by atoms with Crippen molar-refractivity contribution in [3.8, 4) is 5.75 Å². The van der Waals surface area contributed by atoms with E-state index in [0.717, 1.165) is 16.4 Å². The van der Waals surface area contributed by atoms with E-state index in [0.29, 0.717) is 23.8 Å². The van der Waals surface area contributed by atoms with Crippen LogP contribution in [0.5, 0.6) is 5.75 Å². The molecule has 1 aromatic rings. The molecular weight excluding hydrogens is 459 g/mol. The third-order valence-corrected chi connectivity index (χ3v) is 6.04. The number of aliphatic hydroxyl groups excluding tert-OH is 2. The second-order valence-electron chi connectivity index (χ2n) is 7.13. The summed E-state index contributed by atoms with van der Waals surface area (Å²) >= 11 is 2.20. The number of para-hydroxylation sites is 1. The van der Waals surface area contributed by atoms with Crippen LogP contribution in [0.2, 0.25) is 0 Å². The van der Waals surface area contributed by atoms with Crippen LogP contribution < -0.4 is 15.4 Å². The van der Waals surface area contributed by atoms with Gasteiger partial charge in [0, 0.05) is 24.2 Å². The van der Waals surface area contributed by atoms with Gasteiger partial charge in [-0.05, 0) is 60.1 Å². The van der Waals surface area contributed by atoms with Gasteiger partial charge in [0.15, 0.2) is 0 Å². The van der Waals surface area contributed by atoms with Crippen LogP contribution in [0.1, 0.15) is 32.1 Å². The van der Waals surface area contributed by atoms with Crippen LogP contribution in [0.4, 0.5) is 0 Å². The lowest BCUT2D eigenvalue weighted by molar-refractivity contribution is -0.118. The Bertz CT molecular complexity index is 676. The fourth-order valence-electron chi connectivity index (χ4n) is 3.75. The lowest BCUT2D eigenvalue weighted by Crippen LogP contribution is -2.53. The Morgan fingerprint density at radius 1 is 1.26 bits per heavy atom. The summed E-state index contributed by atoms with van der Waals surface area (Å²) in [6.45, 7) is 0.106. The van der Waals surface area contributed by atoms with E-state index in [1.807, 2.05) is 24.3 Å². The van der Waals surface area contributed by atoms with Crippen molar-refractivity contribution in [2.75, 3.05) is 13.2 Å². The number of halogens is 1. The second-order valence-corrected chi connectivity index (χ2v) is 8.30. The summed E-state index contributed by atoms with van der Waals surface area (Å²) in [6, 6.07) is 7.76. The molecule has 0 saturated heterocycles. The largest absolute Gasteiger partial charge is 0.482 e. The molecule has 1 aromatic carbocycles. The van der Waals surface area contributed by atoms with Crippen molar-refractivity contribution in [2.45, 2.75) is 56.4 Å². The Hall–Kier alpha value is -1.16. The Labute approximate surface area is 173 Å². The normalized spacial score (nSPS) is 25.9. The van der Waals surface area contributed by atoms with E-state index in [1.165, 1.54) is 12.8 Å². The van der Waals surface area contributed by atoms with Gasteiger partial charge >= 0.3 is 0 Å². The zero-order valence-electron chi connectivity index (χ0n) is 15.2. The highest BCUT2D eigenvalue weighted by atomic mass is 127. The van der Waals surface area contributed by atoms with Gasteiger partial charge in [-0.3, -0.25) is 4.79 Å². The smallest absolute Gasteiger partial charge is 0.247 e. The van der Waals surface area contributed by atoms with Gasteiger partial charge in [-0.15, -0.1) is 0 Å². The van der Waals surface area contributed by atoms with Crippen LogP contribution in [-0.2, 0) is 4.79 Å². The summed E-state index contributed by atoms with van der Waals surface area (Å²) < 4.78 is 7.03. The molecule has 0 aromatic heterocycles. The number of rotatable bonds is 7. The molecule has 6 nitrogen and oxygen atoms in total. The van der Waals surface area contributed by atoms with Crippen LogP contribution in [-0.4, -0.2) is 53.6 Å². The quantitative estimate of drug-likeness (QED) is 0.441. The molecular formula is C20H27IN2O4. The van der Waals surface area contributed by atoms with Gasteiger partial charge in [0.05, 0.1) is 10.2 Å². The van der Waals surface area contributed by atoms with Crippen molar-refractivity contribution in [3.05, 3.63) is 39.5 Å². The highest BCUT2D eigenvalue weighted by Crippen LogP contribution is 2.28. The fourth-order valence-corrected chi connectivity index (χ4v) is 4.26. The first kappa shape index (κ1) is 20.6. The standard InChI is InChI=1S/C20H27IN2O4/c21-15-7-3-4-8-17(15)27-18-12-13(20(26)22-9-10-24)11-16(19(18)25)23-14-5-1-2-6-14/h3-4,7-8,12,14,16,18-19,23-25H,1-2,5-6,9-11H2,(H,22,26). The first-order valence-corrected chi connectivity index (χ1v) is 10.6. The average Bonchev–Trinajstić information content (AvgIpc) is 3.17. The minimum absolute atomic E-state index is 0.104. The lowest BCUT2D eigenvalue weighted by Gasteiger charge is -2.36. The first-order chi connectivity index (χ1) is 13.1. The minimum atomic E-state index is -0.740. The molecule has 1 saturated carbocycles. The Morgan fingerprint density at radius 3 is 2.70 bits per heavy atom. The second kappa shape index (κ2) is 9.86. The summed E-state index contributed by atoms with van der Waals surface area (Å²) in [5, 5.41) is 26.1. The van der Waals surface area contributed by atoms with E-state index in [1.54, 1.807) is 6.08 Å². The number of benzene rings is 1. The van der Waals surface area contributed by atoms with E-state index < -0.39 is 12.2 Å². The van der Waals surface area contributed by atoms with Crippen molar-refractivity contribution >= 4 is 28.5 Å². The van der Waals surface area contributed by atoms with Crippen molar-refractivity contribution in [1.29, 1.82) is 0 Å². The molecule has 2 aliphatic rings. The van der Waals surface area contributed by atoms with Crippen molar-refractivity contribution in [1.82, 2.24) is 10.6 Å². The predicted octanol–water partition coefficient (Wildman–Crippen LogP) is 1.74. The maximum Gasteiger partial charge on any atom is 0.247 e. The number of hydrogen-bond donors (Lipinski definition) is 4. The van der Waals surface area contributed by atoms with Crippen LogP contribution in [0, 0.1) is 3.57 Å². The summed E-state index contributed by atoms with van der Waals surface area (Å²) in [4.78, 5) is 12.5. The molecule has 0 spiro atoms. The van der Waals surface area contributed by atoms with E-state index in [-0.39, 0.29) is 25.1 Å². The van der Waals surface area contributed by atoms with Crippen LogP contribution >= 0.6 is 22.6 Å². The number of carbonyl (C=O) groups is 1. The molecule has 27 heavy (non-hydrogen) atoms. The molecule has 4 N–H and O–H groups in total. The van der Waals surface area contributed by atoms with Gasteiger partial charge in [-0.25, -0.2) is 0 Å². The summed E-state index contributed by atoms with van der Waals surface area (Å²) in [5.41, 5.74) is 0.584. The highest BCUT2D eigenvalue weighted by Gasteiger charge is 2.36. The molecule has 148 valence electrons. The maximum absolute atomic E-state index is 12.5. The molecule has 0 radical (unpaired) electrons. The molecule has 3 rings (SSSR count). The Morgan fingerprint density at radius 2 is 2.00 bits per heavy atom. The zero-order chi connectivity index (χ0) is 19.2. The minimum Gasteiger partial charge on any atom is -0.482 e. The van der Waals surface area contributed by atoms with E-state index in [2.05, 4.69) is 33.2 Å². The molecule has 1 fully saturated rings. The molecule has 0 heterocycles. The number of nitrogens with one attached hydrogen (secondary N) is 2. The number of ether oxygens (including phenoxy) is 1. The van der Waals surface area contributed by atoms with Gasteiger partial charge in [0.2, 0.25) is 5.91 Å². The van der Waals surface area contributed by atoms with Gasteiger partial charge < -0.3 is 25.6 Å². The molecule has 1 amide bonds. The zero-order valence-corrected chi connectivity index (χ0v) is 17.4. The van der Waals surface area contributed by atoms with Crippen LogP contribution in [0.25, 0.3) is 0 Å². The number of amides is 1. The summed E-state index contributed by atoms with van der Waals surface area (Å²) in [5.74, 6) is 0.473. The number of aliphatic hydroxyl groups is 2. The molecule has 0 aliphatic heterocycles. The first-order valence-electron chi connectivity index (χ1n) is 9.53. The molecule has 3 unspecified atom stereocenters. The summed E-state index contributed by atoms with van der Waals surface area (Å²) in [7, 11) is 0. The van der Waals surface area contributed by atoms with Crippen LogP contribution in [0.3, 0.4) is 0 Å². The third kappa shape index (κ3) is 5.43. The van der Waals surface area contributed by atoms with Crippen LogP contribution in [0.15, 0.2) is 35.9 Å². The molecule has 7 heteroatoms. The van der Waals surface area contributed by atoms with E-state index >= 15 is 0 Å². The topological polar surface area (TPSA) is 90.8 Å². The SMILES string of the molecule is O=C(NCCO)C1=CC(Oc2ccccc2I)C(O)C(NC2CCCC2)C1. The average molecular weight is 486 g/mol. The Kier molecular flexibility index (Phi) is 7.51. The fraction of sp³-hybridized carbons (Fsp3) is 0.550. The van der Waals surface area contributed by atoms with Gasteiger partial charge in [0.25, 0.3) is 0 Å². The highest BCUT2D eigenvalue weighted by molar-refractivity contribution is 14.1. The van der Waals surface area contributed by atoms with Crippen molar-refractivity contribution in [2.24, 2.45) is 0 Å². The molecule has 2 aliphatic carbocycles. The monoisotopic (exact) mass is 486 g/mol. The third-order valence-electron chi connectivity index (χ3n) is 5.15. The van der Waals surface area contributed by atoms with Crippen molar-refractivity contribution < 1.29 is 19.7 Å². The maximum atomic E-state index is 12.5. The van der Waals surface area contributed by atoms with E-state index in [9.17, 15) is 9.90 Å². The molecule has 0 bridgehead atoms. The van der Waals surface area contributed by atoms with Gasteiger partial charge in [-0.2, -0.15) is 0 Å². The predicted molar refractivity (Wildman–Crippen MR) is 112 cm³/mol. The Balaban J connectivity index is 1.78. The number of hydrogen-bond acceptors (Lipinski definition) is 5. The molecule has 3 atom stereocenters. The van der Waals surface area contributed by atoms with Crippen molar-refractivity contribution in [3.63, 3.8) is 0 Å². The summed E-state index contributed by atoms with van der Waals surface area (Å²) in [6.07, 6.45) is 5.40. The van der Waals surface area contributed by atoms with E-state index in [4.69, 9.17) is 9.84 Å². The number of carbonyl (C=O) groups excluding carboxylic acids is 1.